The van der Waals surface area contributed by atoms with E-state index in [2.05, 4.69) is 21.2 Å². The molecule has 0 radical (unpaired) electrons. The van der Waals surface area contributed by atoms with Crippen LogP contribution in [0.5, 0.6) is 0 Å². The zero-order valence-electron chi connectivity index (χ0n) is 21.1. The number of carbonyl (C=O) groups is 2. The lowest BCUT2D eigenvalue weighted by Crippen LogP contribution is -2.52. The van der Waals surface area contributed by atoms with E-state index >= 15 is 0 Å². The van der Waals surface area contributed by atoms with E-state index < -0.39 is 28.5 Å². The number of halogens is 3. The van der Waals surface area contributed by atoms with Crippen molar-refractivity contribution >= 4 is 66.7 Å². The van der Waals surface area contributed by atoms with Crippen LogP contribution in [0.15, 0.2) is 82.2 Å². The fourth-order valence-electron chi connectivity index (χ4n) is 3.75. The quantitative estimate of drug-likeness (QED) is 0.299. The first-order chi connectivity index (χ1) is 17.9. The average molecular weight is 641 g/mol. The van der Waals surface area contributed by atoms with Crippen LogP contribution in [0.1, 0.15) is 26.3 Å². The normalized spacial score (nSPS) is 12.2. The molecule has 202 valence electrons. The summed E-state index contributed by atoms with van der Waals surface area (Å²) in [6.07, 6.45) is 0. The number of amides is 2. The summed E-state index contributed by atoms with van der Waals surface area (Å²) in [5.74, 6) is -0.932. The molecule has 11 heteroatoms. The van der Waals surface area contributed by atoms with Gasteiger partial charge in [-0.2, -0.15) is 0 Å². The molecule has 0 heterocycles. The fraction of sp³-hybridized carbons (Fsp3) is 0.259. The van der Waals surface area contributed by atoms with E-state index in [9.17, 15) is 18.0 Å². The van der Waals surface area contributed by atoms with Crippen molar-refractivity contribution in [3.63, 3.8) is 0 Å². The van der Waals surface area contributed by atoms with Crippen molar-refractivity contribution in [3.8, 4) is 0 Å². The van der Waals surface area contributed by atoms with Gasteiger partial charge in [-0.15, -0.1) is 0 Å². The topological polar surface area (TPSA) is 86.8 Å². The van der Waals surface area contributed by atoms with Crippen LogP contribution >= 0.6 is 39.1 Å². The molecule has 2 amide bonds. The largest absolute Gasteiger partial charge is 0.352 e. The second kappa shape index (κ2) is 13.0. The molecular formula is C27H28BrCl2N3O4S. The maximum atomic E-state index is 13.9. The predicted octanol–water partition coefficient (Wildman–Crippen LogP) is 5.89. The van der Waals surface area contributed by atoms with E-state index in [0.29, 0.717) is 0 Å². The molecule has 0 spiro atoms. The van der Waals surface area contributed by atoms with Crippen LogP contribution in [-0.4, -0.2) is 43.8 Å². The minimum absolute atomic E-state index is 0.00645. The van der Waals surface area contributed by atoms with Gasteiger partial charge < -0.3 is 10.2 Å². The van der Waals surface area contributed by atoms with E-state index in [1.54, 1.807) is 25.1 Å². The molecule has 3 aromatic carbocycles. The highest BCUT2D eigenvalue weighted by atomic mass is 79.9. The Morgan fingerprint density at radius 3 is 2.13 bits per heavy atom. The maximum Gasteiger partial charge on any atom is 0.264 e. The van der Waals surface area contributed by atoms with Crippen LogP contribution in [0.4, 0.5) is 5.69 Å². The summed E-state index contributed by atoms with van der Waals surface area (Å²) in [5.41, 5.74) is 0.890. The molecule has 0 unspecified atom stereocenters. The fourth-order valence-corrected chi connectivity index (χ4v) is 6.13. The molecule has 0 aliphatic carbocycles. The second-order valence-corrected chi connectivity index (χ2v) is 12.6. The Morgan fingerprint density at radius 1 is 0.921 bits per heavy atom. The second-order valence-electron chi connectivity index (χ2n) is 8.94. The van der Waals surface area contributed by atoms with Crippen molar-refractivity contribution in [1.29, 1.82) is 0 Å². The van der Waals surface area contributed by atoms with Gasteiger partial charge in [0.15, 0.2) is 0 Å². The number of sulfonamides is 1. The van der Waals surface area contributed by atoms with Crippen LogP contribution in [0.2, 0.25) is 10.0 Å². The number of benzene rings is 3. The first-order valence-electron chi connectivity index (χ1n) is 11.8. The van der Waals surface area contributed by atoms with E-state index in [4.69, 9.17) is 23.2 Å². The molecule has 0 fully saturated rings. The molecule has 1 atom stereocenters. The van der Waals surface area contributed by atoms with E-state index in [1.165, 1.54) is 35.2 Å². The van der Waals surface area contributed by atoms with Crippen LogP contribution in [0, 0.1) is 0 Å². The maximum absolute atomic E-state index is 13.9. The molecule has 0 aromatic heterocycles. The number of hydrogen-bond acceptors (Lipinski definition) is 4. The lowest BCUT2D eigenvalue weighted by molar-refractivity contribution is -0.139. The van der Waals surface area contributed by atoms with Gasteiger partial charge in [-0.05, 0) is 68.8 Å². The van der Waals surface area contributed by atoms with Crippen LogP contribution < -0.4 is 9.62 Å². The standard InChI is InChI=1S/C27H28BrCl2N3O4S/c1-18(2)31-27(35)19(3)32(16-20-8-7-9-21(28)12-20)26(34)17-33(24-14-22(29)13-23(30)15-24)38(36,37)25-10-5-4-6-11-25/h4-15,18-19H,16-17H2,1-3H3,(H,31,35)/t19-/m1/s1. The van der Waals surface area contributed by atoms with Gasteiger partial charge in [0.05, 0.1) is 10.6 Å². The predicted molar refractivity (Wildman–Crippen MR) is 155 cm³/mol. The Morgan fingerprint density at radius 2 is 1.55 bits per heavy atom. The van der Waals surface area contributed by atoms with Gasteiger partial charge in [0, 0.05) is 27.1 Å². The van der Waals surface area contributed by atoms with Crippen LogP contribution in [0.3, 0.4) is 0 Å². The lowest BCUT2D eigenvalue weighted by atomic mass is 10.1. The molecule has 0 saturated heterocycles. The smallest absolute Gasteiger partial charge is 0.264 e. The third kappa shape index (κ3) is 7.72. The Hall–Kier alpha value is -2.59. The lowest BCUT2D eigenvalue weighted by Gasteiger charge is -2.32. The summed E-state index contributed by atoms with van der Waals surface area (Å²) >= 11 is 15.8. The number of nitrogens with zero attached hydrogens (tertiary/aromatic N) is 2. The molecule has 0 aliphatic heterocycles. The zero-order chi connectivity index (χ0) is 28.0. The number of hydrogen-bond donors (Lipinski definition) is 1. The third-order valence-corrected chi connectivity index (χ3v) is 8.30. The number of nitrogens with one attached hydrogen (secondary N) is 1. The molecule has 38 heavy (non-hydrogen) atoms. The van der Waals surface area contributed by atoms with Gasteiger partial charge in [0.1, 0.15) is 12.6 Å². The Labute approximate surface area is 241 Å². The van der Waals surface area contributed by atoms with E-state index in [1.807, 2.05) is 38.1 Å². The van der Waals surface area contributed by atoms with Gasteiger partial charge in [-0.1, -0.05) is 69.5 Å². The molecule has 3 rings (SSSR count). The molecule has 7 nitrogen and oxygen atoms in total. The Kier molecular flexibility index (Phi) is 10.2. The van der Waals surface area contributed by atoms with Crippen LogP contribution in [-0.2, 0) is 26.2 Å². The van der Waals surface area contributed by atoms with Crippen LogP contribution in [0.25, 0.3) is 0 Å². The molecule has 0 saturated carbocycles. The number of carbonyl (C=O) groups excluding carboxylic acids is 2. The van der Waals surface area contributed by atoms with Gasteiger partial charge >= 0.3 is 0 Å². The highest BCUT2D eigenvalue weighted by Gasteiger charge is 2.33. The van der Waals surface area contributed by atoms with Crippen molar-refractivity contribution in [3.05, 3.63) is 92.9 Å². The summed E-state index contributed by atoms with van der Waals surface area (Å²) in [4.78, 5) is 28.2. The highest BCUT2D eigenvalue weighted by molar-refractivity contribution is 9.10. The van der Waals surface area contributed by atoms with Crippen molar-refractivity contribution in [2.45, 2.75) is 44.3 Å². The summed E-state index contributed by atoms with van der Waals surface area (Å²) in [7, 11) is -4.20. The SMILES string of the molecule is CC(C)NC(=O)[C@@H](C)N(Cc1cccc(Br)c1)C(=O)CN(c1cc(Cl)cc(Cl)c1)S(=O)(=O)c1ccccc1. The van der Waals surface area contributed by atoms with Gasteiger partial charge in [0.2, 0.25) is 11.8 Å². The molecule has 1 N–H and O–H groups in total. The van der Waals surface area contributed by atoms with Crippen molar-refractivity contribution in [2.24, 2.45) is 0 Å². The van der Waals surface area contributed by atoms with E-state index in [0.717, 1.165) is 14.3 Å². The van der Waals surface area contributed by atoms with E-state index in [-0.39, 0.29) is 39.1 Å². The molecule has 3 aromatic rings. The van der Waals surface area contributed by atoms with Gasteiger partial charge in [-0.25, -0.2) is 8.42 Å². The average Bonchev–Trinajstić information content (AvgIpc) is 2.84. The first-order valence-corrected chi connectivity index (χ1v) is 14.8. The minimum Gasteiger partial charge on any atom is -0.352 e. The third-order valence-electron chi connectivity index (χ3n) is 5.59. The number of rotatable bonds is 10. The van der Waals surface area contributed by atoms with Crippen molar-refractivity contribution in [1.82, 2.24) is 10.2 Å². The van der Waals surface area contributed by atoms with Gasteiger partial charge in [-0.3, -0.25) is 13.9 Å². The highest BCUT2D eigenvalue weighted by Crippen LogP contribution is 2.30. The molecule has 0 bridgehead atoms. The van der Waals surface area contributed by atoms with Gasteiger partial charge in [0.25, 0.3) is 10.0 Å². The summed E-state index contributed by atoms with van der Waals surface area (Å²) in [6.45, 7) is 4.76. The monoisotopic (exact) mass is 639 g/mol. The minimum atomic E-state index is -4.20. The Bertz CT molecular complexity index is 1380. The zero-order valence-corrected chi connectivity index (χ0v) is 25.0. The van der Waals surface area contributed by atoms with Crippen molar-refractivity contribution < 1.29 is 18.0 Å². The summed E-state index contributed by atoms with van der Waals surface area (Å²) in [5, 5.41) is 3.25. The Balaban J connectivity index is 2.06. The summed E-state index contributed by atoms with van der Waals surface area (Å²) < 4.78 is 29.3. The van der Waals surface area contributed by atoms with Crippen molar-refractivity contribution in [2.75, 3.05) is 10.8 Å². The molecular weight excluding hydrogens is 613 g/mol. The first kappa shape index (κ1) is 30.0. The summed E-state index contributed by atoms with van der Waals surface area (Å²) in [6, 6.07) is 18.4. The molecule has 0 aliphatic rings. The number of anilines is 1.